The van der Waals surface area contributed by atoms with E-state index in [1.54, 1.807) is 11.3 Å². The van der Waals surface area contributed by atoms with Crippen molar-refractivity contribution in [2.24, 2.45) is 7.05 Å². The molecular weight excluding hydrogens is 318 g/mol. The molecule has 0 aliphatic carbocycles. The van der Waals surface area contributed by atoms with Crippen LogP contribution in [-0.4, -0.2) is 33.4 Å². The summed E-state index contributed by atoms with van der Waals surface area (Å²) < 4.78 is 2.04. The van der Waals surface area contributed by atoms with Gasteiger partial charge in [0.2, 0.25) is 0 Å². The molecule has 5 heteroatoms. The summed E-state index contributed by atoms with van der Waals surface area (Å²) in [5.41, 5.74) is 1.91. The summed E-state index contributed by atoms with van der Waals surface area (Å²) in [7, 11) is 2.00. The number of rotatable bonds is 2. The molecule has 4 nitrogen and oxygen atoms in total. The van der Waals surface area contributed by atoms with E-state index in [9.17, 15) is 4.79 Å². The number of likely N-dealkylation sites (tertiary alicyclic amines) is 1. The minimum atomic E-state index is 0.143. The predicted octanol–water partition coefficient (Wildman–Crippen LogP) is 3.96. The van der Waals surface area contributed by atoms with Gasteiger partial charge in [0.15, 0.2) is 0 Å². The summed E-state index contributed by atoms with van der Waals surface area (Å²) in [4.78, 5) is 20.9. The first-order valence-electron chi connectivity index (χ1n) is 8.39. The maximum Gasteiger partial charge on any atom is 0.256 e. The Kier molecular flexibility index (Phi) is 3.88. The van der Waals surface area contributed by atoms with E-state index in [1.807, 2.05) is 47.1 Å². The number of hydrogen-bond acceptors (Lipinski definition) is 3. The van der Waals surface area contributed by atoms with Crippen LogP contribution in [0, 0.1) is 6.92 Å². The highest BCUT2D eigenvalue weighted by atomic mass is 32.1. The van der Waals surface area contributed by atoms with E-state index in [1.165, 1.54) is 9.88 Å². The lowest BCUT2D eigenvalue weighted by Crippen LogP contribution is -2.39. The van der Waals surface area contributed by atoms with Crippen LogP contribution in [0.1, 0.15) is 39.0 Å². The summed E-state index contributed by atoms with van der Waals surface area (Å²) in [5, 5.41) is 2.21. The fourth-order valence-corrected chi connectivity index (χ4v) is 4.51. The average molecular weight is 339 g/mol. The molecule has 3 aromatic rings. The van der Waals surface area contributed by atoms with Crippen molar-refractivity contribution in [2.45, 2.75) is 25.7 Å². The lowest BCUT2D eigenvalue weighted by Gasteiger charge is -2.31. The Labute approximate surface area is 145 Å². The summed E-state index contributed by atoms with van der Waals surface area (Å²) in [6.45, 7) is 3.70. The van der Waals surface area contributed by atoms with Crippen LogP contribution in [0.25, 0.3) is 10.9 Å². The van der Waals surface area contributed by atoms with Crippen molar-refractivity contribution in [3.8, 4) is 0 Å². The van der Waals surface area contributed by atoms with Crippen molar-refractivity contribution in [2.75, 3.05) is 13.1 Å². The van der Waals surface area contributed by atoms with Crippen molar-refractivity contribution in [1.82, 2.24) is 14.5 Å². The number of fused-ring (bicyclic) bond motifs is 1. The monoisotopic (exact) mass is 339 g/mol. The van der Waals surface area contributed by atoms with Gasteiger partial charge >= 0.3 is 0 Å². The molecule has 1 aliphatic heterocycles. The van der Waals surface area contributed by atoms with Crippen LogP contribution in [0.4, 0.5) is 0 Å². The molecule has 1 atom stereocenters. The van der Waals surface area contributed by atoms with E-state index in [4.69, 9.17) is 0 Å². The molecule has 2 aromatic heterocycles. The zero-order valence-electron chi connectivity index (χ0n) is 14.0. The van der Waals surface area contributed by atoms with Crippen molar-refractivity contribution in [3.05, 3.63) is 52.1 Å². The van der Waals surface area contributed by atoms with Crippen molar-refractivity contribution in [3.63, 3.8) is 0 Å². The number of piperidine rings is 1. The van der Waals surface area contributed by atoms with Gasteiger partial charge in [-0.25, -0.2) is 4.98 Å². The first kappa shape index (κ1) is 15.4. The highest BCUT2D eigenvalue weighted by Gasteiger charge is 2.28. The van der Waals surface area contributed by atoms with Crippen molar-refractivity contribution >= 4 is 28.1 Å². The Bertz CT molecular complexity index is 895. The number of carbonyl (C=O) groups excluding carboxylic acids is 1. The number of aryl methyl sites for hydroxylation is 2. The summed E-state index contributed by atoms with van der Waals surface area (Å²) in [5.74, 6) is 0.515. The largest absolute Gasteiger partial charge is 0.350 e. The third-order valence-electron chi connectivity index (χ3n) is 4.82. The Morgan fingerprint density at radius 3 is 2.96 bits per heavy atom. The highest BCUT2D eigenvalue weighted by molar-refractivity contribution is 7.11. The Balaban J connectivity index is 1.61. The van der Waals surface area contributed by atoms with Crippen LogP contribution in [0.3, 0.4) is 0 Å². The quantitative estimate of drug-likeness (QED) is 0.709. The van der Waals surface area contributed by atoms with Gasteiger partial charge in [-0.05, 0) is 25.8 Å². The minimum absolute atomic E-state index is 0.143. The minimum Gasteiger partial charge on any atom is -0.350 e. The van der Waals surface area contributed by atoms with E-state index < -0.39 is 0 Å². The van der Waals surface area contributed by atoms with Gasteiger partial charge in [-0.3, -0.25) is 4.79 Å². The second kappa shape index (κ2) is 6.06. The van der Waals surface area contributed by atoms with Crippen LogP contribution >= 0.6 is 11.3 Å². The average Bonchev–Trinajstić information content (AvgIpc) is 3.19. The molecule has 4 rings (SSSR count). The molecular formula is C19H21N3OS. The second-order valence-electron chi connectivity index (χ2n) is 6.57. The second-order valence-corrected chi connectivity index (χ2v) is 7.84. The molecule has 0 bridgehead atoms. The number of hydrogen-bond donors (Lipinski definition) is 0. The molecule has 1 aromatic carbocycles. The van der Waals surface area contributed by atoms with Crippen LogP contribution in [-0.2, 0) is 7.05 Å². The molecule has 1 fully saturated rings. The number of benzene rings is 1. The van der Waals surface area contributed by atoms with E-state index in [0.29, 0.717) is 5.92 Å². The third-order valence-corrected chi connectivity index (χ3v) is 5.90. The maximum atomic E-state index is 13.1. The van der Waals surface area contributed by atoms with Gasteiger partial charge in [0.05, 0.1) is 10.6 Å². The first-order valence-corrected chi connectivity index (χ1v) is 9.21. The van der Waals surface area contributed by atoms with Crippen LogP contribution in [0.15, 0.2) is 36.7 Å². The molecule has 0 radical (unpaired) electrons. The van der Waals surface area contributed by atoms with Crippen LogP contribution in [0.2, 0.25) is 0 Å². The van der Waals surface area contributed by atoms with Gasteiger partial charge in [0.25, 0.3) is 5.91 Å². The van der Waals surface area contributed by atoms with Gasteiger partial charge in [-0.1, -0.05) is 18.2 Å². The number of amides is 1. The van der Waals surface area contributed by atoms with Gasteiger partial charge in [0.1, 0.15) is 0 Å². The van der Waals surface area contributed by atoms with Gasteiger partial charge in [0, 0.05) is 54.2 Å². The molecule has 124 valence electrons. The number of aromatic nitrogens is 2. The third kappa shape index (κ3) is 2.63. The van der Waals surface area contributed by atoms with Gasteiger partial charge in [-0.2, -0.15) is 0 Å². The Hall–Kier alpha value is -2.14. The zero-order chi connectivity index (χ0) is 16.7. The standard InChI is InChI=1S/C19H21N3OS/c1-13-10-20-18(24-13)14-6-5-9-22(11-14)19(23)16-12-21(2)17-8-4-3-7-15(16)17/h3-4,7-8,10,12,14H,5-6,9,11H2,1-2H3. The zero-order valence-corrected chi connectivity index (χ0v) is 14.8. The van der Waals surface area contributed by atoms with E-state index in [-0.39, 0.29) is 5.91 Å². The van der Waals surface area contributed by atoms with Crippen LogP contribution in [0.5, 0.6) is 0 Å². The van der Waals surface area contributed by atoms with Gasteiger partial charge in [-0.15, -0.1) is 11.3 Å². The molecule has 3 heterocycles. The fraction of sp³-hybridized carbons (Fsp3) is 0.368. The van der Waals surface area contributed by atoms with Crippen molar-refractivity contribution in [1.29, 1.82) is 0 Å². The summed E-state index contributed by atoms with van der Waals surface area (Å²) in [6, 6.07) is 8.10. The molecule has 0 N–H and O–H groups in total. The normalized spacial score (nSPS) is 18.2. The van der Waals surface area contributed by atoms with E-state index >= 15 is 0 Å². The van der Waals surface area contributed by atoms with Crippen molar-refractivity contribution < 1.29 is 4.79 Å². The smallest absolute Gasteiger partial charge is 0.256 e. The number of carbonyl (C=O) groups is 1. The predicted molar refractivity (Wildman–Crippen MR) is 97.6 cm³/mol. The van der Waals surface area contributed by atoms with E-state index in [0.717, 1.165) is 42.4 Å². The lowest BCUT2D eigenvalue weighted by atomic mass is 9.98. The Morgan fingerprint density at radius 1 is 1.33 bits per heavy atom. The Morgan fingerprint density at radius 2 is 2.17 bits per heavy atom. The van der Waals surface area contributed by atoms with Crippen LogP contribution < -0.4 is 0 Å². The number of para-hydroxylation sites is 1. The molecule has 1 aliphatic rings. The van der Waals surface area contributed by atoms with E-state index in [2.05, 4.69) is 18.0 Å². The SMILES string of the molecule is Cc1cnc(C2CCCN(C(=O)c3cn(C)c4ccccc34)C2)s1. The fourth-order valence-electron chi connectivity index (χ4n) is 3.61. The summed E-state index contributed by atoms with van der Waals surface area (Å²) >= 11 is 1.76. The molecule has 1 saturated heterocycles. The first-order chi connectivity index (χ1) is 11.6. The number of nitrogens with zero attached hydrogens (tertiary/aromatic N) is 3. The van der Waals surface area contributed by atoms with Gasteiger partial charge < -0.3 is 9.47 Å². The maximum absolute atomic E-state index is 13.1. The molecule has 24 heavy (non-hydrogen) atoms. The molecule has 1 amide bonds. The number of thiazole rings is 1. The lowest BCUT2D eigenvalue weighted by molar-refractivity contribution is 0.0709. The molecule has 1 unspecified atom stereocenters. The molecule has 0 spiro atoms. The summed E-state index contributed by atoms with van der Waals surface area (Å²) in [6.07, 6.45) is 6.06. The highest BCUT2D eigenvalue weighted by Crippen LogP contribution is 2.31. The topological polar surface area (TPSA) is 38.1 Å². The molecule has 0 saturated carbocycles.